The topological polar surface area (TPSA) is 128 Å². The largest absolute Gasteiger partial charge is 0.456 e. The van der Waals surface area contributed by atoms with E-state index in [0.717, 1.165) is 22.2 Å². The maximum absolute atomic E-state index is 12.0. The lowest BCUT2D eigenvalue weighted by atomic mass is 10.1. The zero-order valence-electron chi connectivity index (χ0n) is 18.6. The van der Waals surface area contributed by atoms with Crippen molar-refractivity contribution in [1.29, 1.82) is 0 Å². The van der Waals surface area contributed by atoms with Crippen molar-refractivity contribution < 1.29 is 19.1 Å². The molecule has 2 amide bonds. The molecule has 1 saturated carbocycles. The summed E-state index contributed by atoms with van der Waals surface area (Å²) in [4.78, 5) is 34.7. The van der Waals surface area contributed by atoms with Crippen LogP contribution in [0.25, 0.3) is 16.6 Å². The third-order valence-electron chi connectivity index (χ3n) is 5.76. The van der Waals surface area contributed by atoms with E-state index in [1.165, 1.54) is 26.0 Å². The van der Waals surface area contributed by atoms with Crippen LogP contribution in [0.1, 0.15) is 42.6 Å². The average Bonchev–Trinajstić information content (AvgIpc) is 3.55. The lowest BCUT2D eigenvalue weighted by molar-refractivity contribution is -0.146. The lowest BCUT2D eigenvalue weighted by Crippen LogP contribution is -2.27. The number of carbonyl (C=O) groups is 3. The Morgan fingerprint density at radius 3 is 2.73 bits per heavy atom. The van der Waals surface area contributed by atoms with Crippen molar-refractivity contribution >= 4 is 29.0 Å². The Labute approximate surface area is 191 Å². The normalized spacial score (nSPS) is 14.0. The Balaban J connectivity index is 1.58. The molecule has 0 radical (unpaired) electrons. The molecule has 0 bridgehead atoms. The summed E-state index contributed by atoms with van der Waals surface area (Å²) in [5.41, 5.74) is 10.2. The molecule has 33 heavy (non-hydrogen) atoms. The minimum absolute atomic E-state index is 0.228. The molecule has 2 heterocycles. The Morgan fingerprint density at radius 2 is 2.03 bits per heavy atom. The summed E-state index contributed by atoms with van der Waals surface area (Å²) < 4.78 is 6.44. The zero-order chi connectivity index (χ0) is 23.5. The first-order chi connectivity index (χ1) is 15.8. The predicted molar refractivity (Wildman–Crippen MR) is 123 cm³/mol. The molecule has 4 rings (SSSR count). The molecule has 1 fully saturated rings. The van der Waals surface area contributed by atoms with Crippen LogP contribution in [0.15, 0.2) is 42.7 Å². The average molecular weight is 450 g/mol. The van der Waals surface area contributed by atoms with E-state index in [9.17, 15) is 14.4 Å². The first-order valence-electron chi connectivity index (χ1n) is 10.9. The molecule has 172 valence electrons. The summed E-state index contributed by atoms with van der Waals surface area (Å²) in [5, 5.41) is 10.6. The number of carbonyl (C=O) groups excluding carboxylic acids is 3. The molecule has 4 N–H and O–H groups in total. The summed E-state index contributed by atoms with van der Waals surface area (Å²) in [7, 11) is 0. The minimum Gasteiger partial charge on any atom is -0.456 e. The molecule has 1 aliphatic rings. The van der Waals surface area contributed by atoms with Gasteiger partial charge in [-0.2, -0.15) is 5.10 Å². The van der Waals surface area contributed by atoms with E-state index >= 15 is 0 Å². The third kappa shape index (κ3) is 5.31. The summed E-state index contributed by atoms with van der Waals surface area (Å²) in [5.74, 6) is -0.791. The zero-order valence-corrected chi connectivity index (χ0v) is 18.6. The van der Waals surface area contributed by atoms with Crippen molar-refractivity contribution in [2.45, 2.75) is 39.3 Å². The maximum atomic E-state index is 12.0. The number of hydrogen-bond acceptors (Lipinski definition) is 6. The lowest BCUT2D eigenvalue weighted by Gasteiger charge is -2.17. The number of esters is 1. The van der Waals surface area contributed by atoms with Crippen molar-refractivity contribution in [2.24, 2.45) is 11.7 Å². The Bertz CT molecular complexity index is 1210. The molecule has 3 aromatic rings. The van der Waals surface area contributed by atoms with Gasteiger partial charge in [-0.15, -0.1) is 0 Å². The number of aromatic nitrogens is 2. The minimum atomic E-state index is -0.523. The van der Waals surface area contributed by atoms with E-state index in [1.807, 2.05) is 36.5 Å². The molecule has 1 unspecified atom stereocenters. The number of nitrogens with one attached hydrogen (secondary N) is 2. The Kier molecular flexibility index (Phi) is 6.30. The van der Waals surface area contributed by atoms with Crippen LogP contribution in [0.2, 0.25) is 0 Å². The second-order valence-corrected chi connectivity index (χ2v) is 8.38. The quantitative estimate of drug-likeness (QED) is 0.431. The van der Waals surface area contributed by atoms with Crippen LogP contribution in [-0.4, -0.2) is 40.0 Å². The molecule has 1 aliphatic carbocycles. The van der Waals surface area contributed by atoms with E-state index in [4.69, 9.17) is 10.5 Å². The van der Waals surface area contributed by atoms with Crippen molar-refractivity contribution in [2.75, 3.05) is 11.9 Å². The Hall–Kier alpha value is -3.88. The molecule has 0 aliphatic heterocycles. The maximum Gasteiger partial charge on any atom is 0.303 e. The van der Waals surface area contributed by atoms with Gasteiger partial charge < -0.3 is 21.1 Å². The third-order valence-corrected chi connectivity index (χ3v) is 5.76. The second-order valence-electron chi connectivity index (χ2n) is 8.38. The standard InChI is InChI=1S/C24H27N5O4/c1-14(17-6-7-17)28-23-20(24(25)32)11-27-29-12-19(9-21(23)29)18-5-3-4-16(8-18)10-26-22(31)13-33-15(2)30/h3-5,8-9,11-12,14,17,28H,6-7,10,13H2,1-2H3,(H2,25,32)(H,26,31). The van der Waals surface area contributed by atoms with Gasteiger partial charge in [0.15, 0.2) is 6.61 Å². The first-order valence-corrected chi connectivity index (χ1v) is 10.9. The number of nitrogens with zero attached hydrogens (tertiary/aromatic N) is 2. The molecular weight excluding hydrogens is 422 g/mol. The fourth-order valence-electron chi connectivity index (χ4n) is 3.77. The van der Waals surface area contributed by atoms with Crippen LogP contribution in [0.3, 0.4) is 0 Å². The van der Waals surface area contributed by atoms with Crippen molar-refractivity contribution in [3.63, 3.8) is 0 Å². The summed E-state index contributed by atoms with van der Waals surface area (Å²) >= 11 is 0. The number of amides is 2. The summed E-state index contributed by atoms with van der Waals surface area (Å²) in [6, 6.07) is 9.94. The van der Waals surface area contributed by atoms with Crippen molar-refractivity contribution in [3.8, 4) is 11.1 Å². The number of rotatable bonds is 9. The van der Waals surface area contributed by atoms with Gasteiger partial charge in [0.05, 0.1) is 23.0 Å². The highest BCUT2D eigenvalue weighted by Crippen LogP contribution is 2.36. The summed E-state index contributed by atoms with van der Waals surface area (Å²) in [6.07, 6.45) is 5.75. The molecular formula is C24H27N5O4. The van der Waals surface area contributed by atoms with Gasteiger partial charge >= 0.3 is 5.97 Å². The van der Waals surface area contributed by atoms with Crippen molar-refractivity contribution in [1.82, 2.24) is 14.9 Å². The molecule has 0 spiro atoms. The summed E-state index contributed by atoms with van der Waals surface area (Å²) in [6.45, 7) is 3.37. The first kappa shape index (κ1) is 22.3. The predicted octanol–water partition coefficient (Wildman–Crippen LogP) is 2.49. The number of fused-ring (bicyclic) bond motifs is 1. The van der Waals surface area contributed by atoms with E-state index in [-0.39, 0.29) is 18.6 Å². The van der Waals surface area contributed by atoms with Gasteiger partial charge in [0.1, 0.15) is 0 Å². The highest BCUT2D eigenvalue weighted by molar-refractivity contribution is 6.02. The van der Waals surface area contributed by atoms with Crippen molar-refractivity contribution in [3.05, 3.63) is 53.9 Å². The van der Waals surface area contributed by atoms with E-state index < -0.39 is 11.9 Å². The van der Waals surface area contributed by atoms with Crippen LogP contribution in [-0.2, 0) is 20.9 Å². The smallest absolute Gasteiger partial charge is 0.303 e. The number of ether oxygens (including phenoxy) is 1. The van der Waals surface area contributed by atoms with Gasteiger partial charge in [0.25, 0.3) is 11.8 Å². The fourth-order valence-corrected chi connectivity index (χ4v) is 3.77. The Morgan fingerprint density at radius 1 is 1.24 bits per heavy atom. The van der Waals surface area contributed by atoms with E-state index in [0.29, 0.717) is 23.7 Å². The molecule has 1 aromatic carbocycles. The number of nitrogens with two attached hydrogens (primary N) is 1. The molecule has 1 atom stereocenters. The molecule has 2 aromatic heterocycles. The fraction of sp³-hybridized carbons (Fsp3) is 0.333. The van der Waals surface area contributed by atoms with Crippen LogP contribution < -0.4 is 16.4 Å². The van der Waals surface area contributed by atoms with Gasteiger partial charge in [-0.1, -0.05) is 18.2 Å². The number of benzene rings is 1. The second kappa shape index (κ2) is 9.32. The van der Waals surface area contributed by atoms with Crippen LogP contribution in [0, 0.1) is 5.92 Å². The van der Waals surface area contributed by atoms with Gasteiger partial charge in [-0.05, 0) is 48.9 Å². The van der Waals surface area contributed by atoms with Crippen LogP contribution >= 0.6 is 0 Å². The highest BCUT2D eigenvalue weighted by atomic mass is 16.5. The van der Waals surface area contributed by atoms with Gasteiger partial charge in [-0.3, -0.25) is 14.4 Å². The van der Waals surface area contributed by atoms with E-state index in [2.05, 4.69) is 22.7 Å². The SMILES string of the molecule is CC(=O)OCC(=O)NCc1cccc(-c2cc3c(NC(C)C4CC4)c(C(N)=O)cnn3c2)c1. The number of anilines is 1. The van der Waals surface area contributed by atoms with Gasteiger partial charge in [0.2, 0.25) is 0 Å². The highest BCUT2D eigenvalue weighted by Gasteiger charge is 2.29. The van der Waals surface area contributed by atoms with Gasteiger partial charge in [-0.25, -0.2) is 4.52 Å². The van der Waals surface area contributed by atoms with Crippen LogP contribution in [0.4, 0.5) is 5.69 Å². The molecule has 9 nitrogen and oxygen atoms in total. The monoisotopic (exact) mass is 449 g/mol. The molecule has 9 heteroatoms. The number of hydrogen-bond donors (Lipinski definition) is 3. The van der Waals surface area contributed by atoms with E-state index in [1.54, 1.807) is 4.52 Å². The number of primary amides is 1. The van der Waals surface area contributed by atoms with Crippen LogP contribution in [0.5, 0.6) is 0 Å². The van der Waals surface area contributed by atoms with Gasteiger partial charge in [0, 0.05) is 31.3 Å². The molecule has 0 saturated heterocycles.